The molecule has 0 aliphatic rings. The molecule has 0 radical (unpaired) electrons. The molecule has 0 atom stereocenters. The van der Waals surface area contributed by atoms with E-state index in [4.69, 9.17) is 4.74 Å². The number of likely N-dealkylation sites (N-methyl/N-ethyl adjacent to an activating group) is 1. The Labute approximate surface area is 173 Å². The molecule has 0 fully saturated rings. The number of benzene rings is 2. The molecule has 152 valence electrons. The zero-order valence-electron chi connectivity index (χ0n) is 16.3. The van der Waals surface area contributed by atoms with Crippen LogP contribution in [0.15, 0.2) is 73.2 Å². The van der Waals surface area contributed by atoms with E-state index in [1.54, 1.807) is 30.3 Å². The Morgan fingerprint density at radius 2 is 1.67 bits per heavy atom. The standard InChI is InChI=1S/C22H20N4O4/c1-26(19(27)13-24-22(29)30-14-16-8-4-2-5-9-16)18-12-23-15-25-20(18)21(28)17-10-6-3-7-11-17/h2-12,15H,13-14H2,1H3,(H,24,29). The van der Waals surface area contributed by atoms with Gasteiger partial charge in [0.15, 0.2) is 0 Å². The summed E-state index contributed by atoms with van der Waals surface area (Å²) in [5.41, 5.74) is 1.62. The van der Waals surface area contributed by atoms with Crippen LogP contribution in [-0.2, 0) is 16.1 Å². The van der Waals surface area contributed by atoms with Crippen LogP contribution in [0.25, 0.3) is 0 Å². The zero-order chi connectivity index (χ0) is 21.3. The van der Waals surface area contributed by atoms with Crippen LogP contribution in [0.5, 0.6) is 0 Å². The molecule has 8 nitrogen and oxygen atoms in total. The van der Waals surface area contributed by atoms with Crippen molar-refractivity contribution >= 4 is 23.5 Å². The number of nitrogens with zero attached hydrogens (tertiary/aromatic N) is 3. The Hall–Kier alpha value is -4.07. The first-order valence-electron chi connectivity index (χ1n) is 9.17. The van der Waals surface area contributed by atoms with Gasteiger partial charge in [-0.25, -0.2) is 14.8 Å². The topological polar surface area (TPSA) is 101 Å². The van der Waals surface area contributed by atoms with Crippen molar-refractivity contribution < 1.29 is 19.1 Å². The molecule has 0 saturated heterocycles. The van der Waals surface area contributed by atoms with Gasteiger partial charge in [-0.2, -0.15) is 0 Å². The Morgan fingerprint density at radius 3 is 2.37 bits per heavy atom. The number of nitrogens with one attached hydrogen (secondary N) is 1. The number of amides is 2. The molecule has 0 unspecified atom stereocenters. The maximum Gasteiger partial charge on any atom is 0.407 e. The minimum absolute atomic E-state index is 0.0960. The molecular weight excluding hydrogens is 384 g/mol. The lowest BCUT2D eigenvalue weighted by atomic mass is 10.1. The minimum atomic E-state index is -0.717. The molecule has 2 amide bonds. The largest absolute Gasteiger partial charge is 0.445 e. The maximum absolute atomic E-state index is 12.8. The fourth-order valence-corrected chi connectivity index (χ4v) is 2.64. The first-order chi connectivity index (χ1) is 14.6. The van der Waals surface area contributed by atoms with Crippen LogP contribution < -0.4 is 10.2 Å². The minimum Gasteiger partial charge on any atom is -0.445 e. The number of carbonyl (C=O) groups excluding carboxylic acids is 3. The van der Waals surface area contributed by atoms with E-state index in [9.17, 15) is 14.4 Å². The third kappa shape index (κ3) is 5.26. The van der Waals surface area contributed by atoms with Crippen molar-refractivity contribution in [3.05, 3.63) is 90.0 Å². The van der Waals surface area contributed by atoms with Crippen molar-refractivity contribution in [1.29, 1.82) is 0 Å². The van der Waals surface area contributed by atoms with Gasteiger partial charge in [-0.15, -0.1) is 0 Å². The molecular formula is C22H20N4O4. The molecule has 8 heteroatoms. The van der Waals surface area contributed by atoms with Crippen LogP contribution in [0.4, 0.5) is 10.5 Å². The van der Waals surface area contributed by atoms with Crippen molar-refractivity contribution in [2.75, 3.05) is 18.5 Å². The van der Waals surface area contributed by atoms with Crippen LogP contribution in [0.2, 0.25) is 0 Å². The number of carbonyl (C=O) groups is 3. The predicted molar refractivity (Wildman–Crippen MR) is 110 cm³/mol. The summed E-state index contributed by atoms with van der Waals surface area (Å²) in [6.45, 7) is -0.211. The quantitative estimate of drug-likeness (QED) is 0.608. The van der Waals surface area contributed by atoms with E-state index in [2.05, 4.69) is 15.3 Å². The summed E-state index contributed by atoms with van der Waals surface area (Å²) in [6, 6.07) is 17.8. The number of anilines is 1. The van der Waals surface area contributed by atoms with Crippen molar-refractivity contribution in [2.45, 2.75) is 6.61 Å². The van der Waals surface area contributed by atoms with Gasteiger partial charge < -0.3 is 15.0 Å². The molecule has 0 saturated carbocycles. The number of aromatic nitrogens is 2. The van der Waals surface area contributed by atoms with Crippen LogP contribution in [0, 0.1) is 0 Å². The Balaban J connectivity index is 1.61. The van der Waals surface area contributed by atoms with E-state index in [1.807, 2.05) is 30.3 Å². The van der Waals surface area contributed by atoms with Crippen molar-refractivity contribution in [3.8, 4) is 0 Å². The first-order valence-corrected chi connectivity index (χ1v) is 9.17. The number of rotatable bonds is 7. The lowest BCUT2D eigenvalue weighted by molar-refractivity contribution is -0.117. The molecule has 3 aromatic rings. The smallest absolute Gasteiger partial charge is 0.407 e. The van der Waals surface area contributed by atoms with Gasteiger partial charge in [-0.3, -0.25) is 9.59 Å². The fourth-order valence-electron chi connectivity index (χ4n) is 2.64. The summed E-state index contributed by atoms with van der Waals surface area (Å²) in [5, 5.41) is 2.41. The highest BCUT2D eigenvalue weighted by molar-refractivity contribution is 6.12. The second-order valence-corrected chi connectivity index (χ2v) is 6.32. The molecule has 1 aromatic heterocycles. The van der Waals surface area contributed by atoms with Crippen LogP contribution in [0.1, 0.15) is 21.6 Å². The molecule has 1 N–H and O–H groups in total. The van der Waals surface area contributed by atoms with Gasteiger partial charge in [0.25, 0.3) is 0 Å². The number of hydrogen-bond donors (Lipinski definition) is 1. The summed E-state index contributed by atoms with van der Waals surface area (Å²) in [6.07, 6.45) is 1.91. The van der Waals surface area contributed by atoms with E-state index in [1.165, 1.54) is 24.5 Å². The molecule has 0 aliphatic heterocycles. The van der Waals surface area contributed by atoms with E-state index in [0.29, 0.717) is 5.56 Å². The monoisotopic (exact) mass is 404 g/mol. The van der Waals surface area contributed by atoms with Gasteiger partial charge in [0.1, 0.15) is 25.2 Å². The first kappa shape index (κ1) is 20.7. The van der Waals surface area contributed by atoms with Crippen molar-refractivity contribution in [3.63, 3.8) is 0 Å². The zero-order valence-corrected chi connectivity index (χ0v) is 16.3. The summed E-state index contributed by atoms with van der Waals surface area (Å²) in [5.74, 6) is -0.786. The second-order valence-electron chi connectivity index (χ2n) is 6.32. The highest BCUT2D eigenvalue weighted by atomic mass is 16.5. The van der Waals surface area contributed by atoms with Crippen LogP contribution in [0.3, 0.4) is 0 Å². The molecule has 0 aliphatic carbocycles. The van der Waals surface area contributed by atoms with Crippen LogP contribution in [-0.4, -0.2) is 41.3 Å². The van der Waals surface area contributed by atoms with Gasteiger partial charge in [0, 0.05) is 12.6 Å². The average Bonchev–Trinajstić information content (AvgIpc) is 2.81. The van der Waals surface area contributed by atoms with Crippen molar-refractivity contribution in [2.24, 2.45) is 0 Å². The Morgan fingerprint density at radius 1 is 1.00 bits per heavy atom. The Kier molecular flexibility index (Phi) is 6.83. The summed E-state index contributed by atoms with van der Waals surface area (Å²) in [4.78, 5) is 46.3. The second kappa shape index (κ2) is 9.92. The third-order valence-electron chi connectivity index (χ3n) is 4.28. The third-order valence-corrected chi connectivity index (χ3v) is 4.28. The van der Waals surface area contributed by atoms with Gasteiger partial charge in [0.2, 0.25) is 11.7 Å². The number of ketones is 1. The normalized spacial score (nSPS) is 10.2. The van der Waals surface area contributed by atoms with Crippen molar-refractivity contribution in [1.82, 2.24) is 15.3 Å². The van der Waals surface area contributed by atoms with Gasteiger partial charge >= 0.3 is 6.09 Å². The predicted octanol–water partition coefficient (Wildman–Crippen LogP) is 2.60. The van der Waals surface area contributed by atoms with E-state index < -0.39 is 12.0 Å². The van der Waals surface area contributed by atoms with Gasteiger partial charge in [0.05, 0.1) is 11.9 Å². The maximum atomic E-state index is 12.8. The summed E-state index contributed by atoms with van der Waals surface area (Å²) < 4.78 is 5.08. The molecule has 0 bridgehead atoms. The van der Waals surface area contributed by atoms with Crippen LogP contribution >= 0.6 is 0 Å². The summed E-state index contributed by atoms with van der Waals surface area (Å²) in [7, 11) is 1.49. The molecule has 2 aromatic carbocycles. The fraction of sp³-hybridized carbons (Fsp3) is 0.136. The highest BCUT2D eigenvalue weighted by Gasteiger charge is 2.21. The molecule has 0 spiro atoms. The lowest BCUT2D eigenvalue weighted by Gasteiger charge is -2.19. The van der Waals surface area contributed by atoms with E-state index in [0.717, 1.165) is 5.56 Å². The molecule has 3 rings (SSSR count). The number of ether oxygens (including phenoxy) is 1. The van der Waals surface area contributed by atoms with Gasteiger partial charge in [-0.1, -0.05) is 60.7 Å². The van der Waals surface area contributed by atoms with E-state index >= 15 is 0 Å². The number of hydrogen-bond acceptors (Lipinski definition) is 6. The summed E-state index contributed by atoms with van der Waals surface area (Å²) >= 11 is 0. The van der Waals surface area contributed by atoms with Gasteiger partial charge in [-0.05, 0) is 5.56 Å². The lowest BCUT2D eigenvalue weighted by Crippen LogP contribution is -2.39. The SMILES string of the molecule is CN(C(=O)CNC(=O)OCc1ccccc1)c1cncnc1C(=O)c1ccccc1. The molecule has 1 heterocycles. The average molecular weight is 404 g/mol. The highest BCUT2D eigenvalue weighted by Crippen LogP contribution is 2.19. The Bertz CT molecular complexity index is 1030. The van der Waals surface area contributed by atoms with E-state index in [-0.39, 0.29) is 30.3 Å². The number of alkyl carbamates (subject to hydrolysis) is 1. The molecule has 30 heavy (non-hydrogen) atoms.